The molecule has 170 valence electrons. The minimum atomic E-state index is -4.73. The molecule has 1 aliphatic rings. The number of alkyl carbamates (subject to hydrolysis) is 1. The lowest BCUT2D eigenvalue weighted by Gasteiger charge is -2.26. The number of fused-ring (bicyclic) bond motifs is 1. The number of ether oxygens (including phenoxy) is 1. The van der Waals surface area contributed by atoms with Crippen LogP contribution >= 0.6 is 11.9 Å². The molecule has 0 bridgehead atoms. The van der Waals surface area contributed by atoms with Crippen molar-refractivity contribution < 1.29 is 40.1 Å². The topological polar surface area (TPSA) is 114 Å². The number of nitrogens with zero attached hydrogens (tertiary/aromatic N) is 2. The SMILES string of the molecule is COC(=O)NC1=Nc2ccc(OS(=O)(=O)c3cccc(C(F)(F)F)c3)cc2N(C(C)=O)S1. The first-order valence-electron chi connectivity index (χ1n) is 8.59. The zero-order valence-electron chi connectivity index (χ0n) is 16.3. The molecular weight excluding hydrogens is 475 g/mol. The summed E-state index contributed by atoms with van der Waals surface area (Å²) in [5, 5.41) is 2.36. The maximum atomic E-state index is 12.9. The predicted octanol–water partition coefficient (Wildman–Crippen LogP) is 3.83. The Morgan fingerprint density at radius 2 is 1.88 bits per heavy atom. The third-order valence-electron chi connectivity index (χ3n) is 3.90. The van der Waals surface area contributed by atoms with Crippen molar-refractivity contribution in [3.63, 3.8) is 0 Å². The number of benzene rings is 2. The summed E-state index contributed by atoms with van der Waals surface area (Å²) in [4.78, 5) is 26.9. The van der Waals surface area contributed by atoms with E-state index < -0.39 is 38.8 Å². The van der Waals surface area contributed by atoms with Crippen LogP contribution in [0.4, 0.5) is 29.3 Å². The number of hydrogen-bond donors (Lipinski definition) is 1. The summed E-state index contributed by atoms with van der Waals surface area (Å²) < 4.78 is 74.3. The van der Waals surface area contributed by atoms with E-state index in [9.17, 15) is 31.2 Å². The molecule has 0 radical (unpaired) electrons. The normalized spacial score (nSPS) is 13.7. The molecule has 9 nitrogen and oxygen atoms in total. The number of methoxy groups -OCH3 is 1. The van der Waals surface area contributed by atoms with Crippen molar-refractivity contribution in [3.8, 4) is 5.75 Å². The Balaban J connectivity index is 1.94. The van der Waals surface area contributed by atoms with Crippen LogP contribution in [0.5, 0.6) is 5.75 Å². The standard InChI is InChI=1S/C18H14F3N3O6S2/c1-10(25)24-15-9-12(6-7-14(15)22-16(31-24)23-17(26)29-2)30-32(27,28)13-5-3-4-11(8-13)18(19,20)21/h3-9H,1-2H3,(H,22,23,26). The second-order valence-electron chi connectivity index (χ2n) is 6.15. The largest absolute Gasteiger partial charge is 0.453 e. The molecular formula is C18H14F3N3O6S2. The van der Waals surface area contributed by atoms with Crippen molar-refractivity contribution >= 4 is 50.6 Å². The first-order valence-corrected chi connectivity index (χ1v) is 10.8. The average molecular weight is 489 g/mol. The number of alkyl halides is 3. The molecule has 1 N–H and O–H groups in total. The average Bonchev–Trinajstić information content (AvgIpc) is 2.72. The van der Waals surface area contributed by atoms with Crippen molar-refractivity contribution in [2.75, 3.05) is 11.4 Å². The highest BCUT2D eigenvalue weighted by molar-refractivity contribution is 8.15. The van der Waals surface area contributed by atoms with Crippen LogP contribution < -0.4 is 13.8 Å². The number of anilines is 1. The molecule has 0 saturated heterocycles. The van der Waals surface area contributed by atoms with Crippen LogP contribution in [-0.2, 0) is 25.8 Å². The predicted molar refractivity (Wildman–Crippen MR) is 109 cm³/mol. The fourth-order valence-corrected chi connectivity index (χ4v) is 4.29. The molecule has 0 spiro atoms. The van der Waals surface area contributed by atoms with E-state index in [1.54, 1.807) is 0 Å². The van der Waals surface area contributed by atoms with E-state index >= 15 is 0 Å². The Morgan fingerprint density at radius 3 is 2.50 bits per heavy atom. The zero-order valence-corrected chi connectivity index (χ0v) is 18.0. The molecule has 0 unspecified atom stereocenters. The van der Waals surface area contributed by atoms with Crippen molar-refractivity contribution in [2.45, 2.75) is 18.0 Å². The molecule has 32 heavy (non-hydrogen) atoms. The second-order valence-corrected chi connectivity index (χ2v) is 8.63. The molecule has 2 aromatic rings. The number of aliphatic imine (C=N–C) groups is 1. The van der Waals surface area contributed by atoms with E-state index in [1.165, 1.54) is 25.1 Å². The number of carbonyl (C=O) groups is 2. The van der Waals surface area contributed by atoms with Crippen LogP contribution in [0, 0.1) is 0 Å². The van der Waals surface area contributed by atoms with E-state index in [2.05, 4.69) is 15.0 Å². The lowest BCUT2D eigenvalue weighted by Crippen LogP contribution is -2.34. The Labute approximate surface area is 184 Å². The van der Waals surface area contributed by atoms with Gasteiger partial charge in [0.1, 0.15) is 10.6 Å². The lowest BCUT2D eigenvalue weighted by atomic mass is 10.2. The van der Waals surface area contributed by atoms with Gasteiger partial charge < -0.3 is 8.92 Å². The van der Waals surface area contributed by atoms with Crippen LogP contribution in [0.3, 0.4) is 0 Å². The van der Waals surface area contributed by atoms with Gasteiger partial charge >= 0.3 is 22.4 Å². The Morgan fingerprint density at radius 1 is 1.16 bits per heavy atom. The van der Waals surface area contributed by atoms with Gasteiger partial charge in [-0.15, -0.1) is 0 Å². The first kappa shape index (κ1) is 23.4. The number of amides is 2. The molecule has 2 aromatic carbocycles. The van der Waals surface area contributed by atoms with Gasteiger partial charge in [-0.3, -0.25) is 10.1 Å². The Kier molecular flexibility index (Phi) is 6.37. The fraction of sp³-hybridized carbons (Fsp3) is 0.167. The van der Waals surface area contributed by atoms with Crippen molar-refractivity contribution in [1.29, 1.82) is 0 Å². The monoisotopic (exact) mass is 489 g/mol. The summed E-state index contributed by atoms with van der Waals surface area (Å²) in [6, 6.07) is 6.82. The highest BCUT2D eigenvalue weighted by atomic mass is 32.2. The highest BCUT2D eigenvalue weighted by Gasteiger charge is 2.32. The number of hydrogen-bond acceptors (Lipinski definition) is 8. The van der Waals surface area contributed by atoms with Gasteiger partial charge in [0.25, 0.3) is 0 Å². The van der Waals surface area contributed by atoms with Crippen LogP contribution in [-0.4, -0.2) is 32.7 Å². The molecule has 14 heteroatoms. The quantitative estimate of drug-likeness (QED) is 0.515. The summed E-state index contributed by atoms with van der Waals surface area (Å²) in [6.45, 7) is 1.23. The van der Waals surface area contributed by atoms with Gasteiger partial charge in [-0.1, -0.05) is 6.07 Å². The molecule has 0 aliphatic carbocycles. The van der Waals surface area contributed by atoms with E-state index in [1.807, 2.05) is 0 Å². The van der Waals surface area contributed by atoms with Gasteiger partial charge in [0.05, 0.1) is 24.0 Å². The van der Waals surface area contributed by atoms with E-state index in [-0.39, 0.29) is 22.3 Å². The van der Waals surface area contributed by atoms with Crippen LogP contribution in [0.15, 0.2) is 52.4 Å². The Bertz CT molecular complexity index is 1210. The second kappa shape index (κ2) is 8.70. The summed E-state index contributed by atoms with van der Waals surface area (Å²) in [5.41, 5.74) is -0.796. The Hall–Kier alpha value is -3.26. The molecule has 0 atom stereocenters. The van der Waals surface area contributed by atoms with E-state index in [0.717, 1.165) is 41.6 Å². The number of amidine groups is 1. The number of halogens is 3. The fourth-order valence-electron chi connectivity index (χ4n) is 2.50. The van der Waals surface area contributed by atoms with Gasteiger partial charge in [0, 0.05) is 24.9 Å². The number of nitrogens with one attached hydrogen (secondary N) is 1. The van der Waals surface area contributed by atoms with Crippen molar-refractivity contribution in [2.24, 2.45) is 4.99 Å². The summed E-state index contributed by atoms with van der Waals surface area (Å²) in [7, 11) is -3.46. The summed E-state index contributed by atoms with van der Waals surface area (Å²) in [5.74, 6) is -0.735. The molecule has 2 amide bonds. The number of rotatable bonds is 3. The van der Waals surface area contributed by atoms with Crippen LogP contribution in [0.2, 0.25) is 0 Å². The molecule has 0 aromatic heterocycles. The highest BCUT2D eigenvalue weighted by Crippen LogP contribution is 2.41. The van der Waals surface area contributed by atoms with Crippen molar-refractivity contribution in [3.05, 3.63) is 48.0 Å². The lowest BCUT2D eigenvalue weighted by molar-refractivity contribution is -0.137. The third-order valence-corrected chi connectivity index (χ3v) is 6.15. The smallest absolute Gasteiger partial charge is 0.416 e. The number of carbonyl (C=O) groups excluding carboxylic acids is 2. The first-order chi connectivity index (χ1) is 14.9. The third kappa shape index (κ3) is 5.13. The maximum Gasteiger partial charge on any atom is 0.416 e. The van der Waals surface area contributed by atoms with E-state index in [4.69, 9.17) is 4.18 Å². The zero-order chi connectivity index (χ0) is 23.7. The maximum absolute atomic E-state index is 12.9. The van der Waals surface area contributed by atoms with Gasteiger partial charge in [-0.2, -0.15) is 21.6 Å². The summed E-state index contributed by atoms with van der Waals surface area (Å²) in [6.07, 6.45) is -5.54. The van der Waals surface area contributed by atoms with Gasteiger partial charge in [0.15, 0.2) is 5.17 Å². The minimum Gasteiger partial charge on any atom is -0.453 e. The minimum absolute atomic E-state index is 0.0322. The van der Waals surface area contributed by atoms with Gasteiger partial charge in [0.2, 0.25) is 5.91 Å². The van der Waals surface area contributed by atoms with Gasteiger partial charge in [-0.05, 0) is 30.3 Å². The molecule has 1 heterocycles. The van der Waals surface area contributed by atoms with Crippen LogP contribution in [0.25, 0.3) is 0 Å². The molecule has 0 saturated carbocycles. The van der Waals surface area contributed by atoms with Gasteiger partial charge in [-0.25, -0.2) is 14.1 Å². The van der Waals surface area contributed by atoms with E-state index in [0.29, 0.717) is 6.07 Å². The molecule has 3 rings (SSSR count). The molecule has 1 aliphatic heterocycles. The summed E-state index contributed by atoms with van der Waals surface area (Å²) >= 11 is 0.746. The van der Waals surface area contributed by atoms with Crippen LogP contribution in [0.1, 0.15) is 12.5 Å². The molecule has 0 fully saturated rings. The van der Waals surface area contributed by atoms with Crippen molar-refractivity contribution in [1.82, 2.24) is 5.32 Å².